The van der Waals surface area contributed by atoms with Crippen LogP contribution in [0.2, 0.25) is 5.02 Å². The molecule has 0 aliphatic carbocycles. The maximum absolute atomic E-state index is 5.85. The van der Waals surface area contributed by atoms with Gasteiger partial charge in [0.05, 0.1) is 0 Å². The largest absolute Gasteiger partial charge is 0.300 e. The molecule has 1 aliphatic heterocycles. The molecule has 1 saturated heterocycles. The average molecular weight is 236 g/mol. The van der Waals surface area contributed by atoms with Gasteiger partial charge in [0.1, 0.15) is 0 Å². The van der Waals surface area contributed by atoms with Crippen molar-refractivity contribution in [3.8, 4) is 0 Å². The van der Waals surface area contributed by atoms with Crippen molar-refractivity contribution in [1.29, 1.82) is 0 Å². The molecule has 0 amide bonds. The summed E-state index contributed by atoms with van der Waals surface area (Å²) in [6.45, 7) is 1.22. The molecule has 0 spiro atoms. The summed E-state index contributed by atoms with van der Waals surface area (Å²) in [6.07, 6.45) is 8.47. The maximum Gasteiger partial charge on any atom is 0.0406 e. The van der Waals surface area contributed by atoms with E-state index in [9.17, 15) is 0 Å². The molecule has 0 N–H and O–H groups in total. The molecule has 0 aromatic heterocycles. The molecule has 1 unspecified atom stereocenters. The molecule has 2 heteroatoms. The summed E-state index contributed by atoms with van der Waals surface area (Å²) in [7, 11) is 2.20. The summed E-state index contributed by atoms with van der Waals surface area (Å²) in [4.78, 5) is 2.43. The molecule has 0 bridgehead atoms. The molecule has 0 saturated carbocycles. The van der Waals surface area contributed by atoms with Crippen molar-refractivity contribution in [2.24, 2.45) is 0 Å². The van der Waals surface area contributed by atoms with Crippen molar-refractivity contribution >= 4 is 17.7 Å². The van der Waals surface area contributed by atoms with E-state index in [-0.39, 0.29) is 0 Å². The molecule has 1 aliphatic rings. The van der Waals surface area contributed by atoms with E-state index < -0.39 is 0 Å². The fourth-order valence-corrected chi connectivity index (χ4v) is 2.27. The number of benzene rings is 1. The monoisotopic (exact) mass is 235 g/mol. The number of halogens is 1. The van der Waals surface area contributed by atoms with Gasteiger partial charge in [0.15, 0.2) is 0 Å². The van der Waals surface area contributed by atoms with Gasteiger partial charge in [-0.3, -0.25) is 4.90 Å². The zero-order valence-corrected chi connectivity index (χ0v) is 10.5. The number of hydrogen-bond acceptors (Lipinski definition) is 1. The Morgan fingerprint density at radius 2 is 2.00 bits per heavy atom. The van der Waals surface area contributed by atoms with Crippen LogP contribution in [0.25, 0.3) is 6.08 Å². The molecule has 1 fully saturated rings. The predicted molar refractivity (Wildman–Crippen MR) is 70.8 cm³/mol. The first-order valence-corrected chi connectivity index (χ1v) is 6.27. The molecule has 2 rings (SSSR count). The molecule has 1 nitrogen and oxygen atoms in total. The van der Waals surface area contributed by atoms with Gasteiger partial charge < -0.3 is 0 Å². The Hall–Kier alpha value is -0.790. The van der Waals surface area contributed by atoms with Gasteiger partial charge in [-0.2, -0.15) is 0 Å². The summed E-state index contributed by atoms with van der Waals surface area (Å²) >= 11 is 5.85. The topological polar surface area (TPSA) is 3.24 Å². The molecule has 0 radical (unpaired) electrons. The Bertz CT molecular complexity index is 356. The first-order chi connectivity index (χ1) is 7.75. The number of piperidine rings is 1. The van der Waals surface area contributed by atoms with Crippen LogP contribution < -0.4 is 0 Å². The van der Waals surface area contributed by atoms with Gasteiger partial charge in [0, 0.05) is 11.1 Å². The van der Waals surface area contributed by atoms with Crippen molar-refractivity contribution < 1.29 is 0 Å². The number of rotatable bonds is 2. The molecule has 16 heavy (non-hydrogen) atoms. The van der Waals surface area contributed by atoms with Crippen molar-refractivity contribution in [2.45, 2.75) is 25.3 Å². The molecule has 1 heterocycles. The van der Waals surface area contributed by atoms with Gasteiger partial charge in [-0.25, -0.2) is 0 Å². The predicted octanol–water partition coefficient (Wildman–Crippen LogP) is 3.84. The first kappa shape index (κ1) is 11.7. The number of likely N-dealkylation sites (N-methyl/N-ethyl adjacent to an activating group) is 1. The standard InChI is InChI=1S/C14H18ClN/c1-16-11-3-2-4-14(16)10-7-12-5-8-13(15)9-6-12/h5-10,14H,2-4,11H2,1H3/b10-7+. The van der Waals surface area contributed by atoms with E-state index in [4.69, 9.17) is 11.6 Å². The third-order valence-corrected chi connectivity index (χ3v) is 3.46. The Balaban J connectivity index is 2.00. The van der Waals surface area contributed by atoms with Crippen LogP contribution in [0.4, 0.5) is 0 Å². The highest BCUT2D eigenvalue weighted by molar-refractivity contribution is 6.30. The maximum atomic E-state index is 5.85. The summed E-state index contributed by atoms with van der Waals surface area (Å²) in [5.41, 5.74) is 1.23. The van der Waals surface area contributed by atoms with Gasteiger partial charge in [-0.1, -0.05) is 42.3 Å². The fraction of sp³-hybridized carbons (Fsp3) is 0.429. The van der Waals surface area contributed by atoms with Crippen molar-refractivity contribution in [1.82, 2.24) is 4.90 Å². The van der Waals surface area contributed by atoms with Crippen LogP contribution >= 0.6 is 11.6 Å². The number of likely N-dealkylation sites (tertiary alicyclic amines) is 1. The molecule has 1 aromatic rings. The van der Waals surface area contributed by atoms with Gasteiger partial charge in [-0.15, -0.1) is 0 Å². The third-order valence-electron chi connectivity index (χ3n) is 3.21. The highest BCUT2D eigenvalue weighted by Crippen LogP contribution is 2.17. The smallest absolute Gasteiger partial charge is 0.0406 e. The quantitative estimate of drug-likeness (QED) is 0.753. The molecule has 1 aromatic carbocycles. The minimum atomic E-state index is 0.601. The lowest BCUT2D eigenvalue weighted by molar-refractivity contribution is 0.222. The van der Waals surface area contributed by atoms with Crippen LogP contribution in [-0.2, 0) is 0 Å². The summed E-state index contributed by atoms with van der Waals surface area (Å²) in [5, 5.41) is 0.798. The van der Waals surface area contributed by atoms with Crippen LogP contribution in [0.15, 0.2) is 30.3 Å². The SMILES string of the molecule is CN1CCCCC1/C=C/c1ccc(Cl)cc1. The molecule has 1 atom stereocenters. The average Bonchev–Trinajstić information content (AvgIpc) is 2.30. The van der Waals surface area contributed by atoms with Crippen molar-refractivity contribution in [3.05, 3.63) is 40.9 Å². The first-order valence-electron chi connectivity index (χ1n) is 5.90. The van der Waals surface area contributed by atoms with E-state index in [2.05, 4.69) is 36.2 Å². The molecular formula is C14H18ClN. The van der Waals surface area contributed by atoms with Crippen LogP contribution in [0.1, 0.15) is 24.8 Å². The minimum absolute atomic E-state index is 0.601. The zero-order chi connectivity index (χ0) is 11.4. The second-order valence-corrected chi connectivity index (χ2v) is 4.89. The van der Waals surface area contributed by atoms with E-state index in [1.54, 1.807) is 0 Å². The van der Waals surface area contributed by atoms with E-state index >= 15 is 0 Å². The Labute approximate surface area is 103 Å². The fourth-order valence-electron chi connectivity index (χ4n) is 2.14. The van der Waals surface area contributed by atoms with Crippen LogP contribution in [-0.4, -0.2) is 24.5 Å². The normalized spacial score (nSPS) is 22.8. The van der Waals surface area contributed by atoms with Crippen molar-refractivity contribution in [2.75, 3.05) is 13.6 Å². The summed E-state index contributed by atoms with van der Waals surface area (Å²) in [6, 6.07) is 8.59. The number of hydrogen-bond donors (Lipinski definition) is 0. The van der Waals surface area contributed by atoms with E-state index in [0.717, 1.165) is 5.02 Å². The second kappa shape index (κ2) is 5.51. The lowest BCUT2D eigenvalue weighted by Gasteiger charge is -2.30. The van der Waals surface area contributed by atoms with Gasteiger partial charge in [0.25, 0.3) is 0 Å². The van der Waals surface area contributed by atoms with E-state index in [1.165, 1.54) is 31.4 Å². The van der Waals surface area contributed by atoms with Gasteiger partial charge >= 0.3 is 0 Å². The second-order valence-electron chi connectivity index (χ2n) is 4.45. The summed E-state index contributed by atoms with van der Waals surface area (Å²) < 4.78 is 0. The molecular weight excluding hydrogens is 218 g/mol. The minimum Gasteiger partial charge on any atom is -0.300 e. The van der Waals surface area contributed by atoms with Crippen LogP contribution in [0, 0.1) is 0 Å². The Morgan fingerprint density at radius 3 is 2.69 bits per heavy atom. The molecule has 86 valence electrons. The van der Waals surface area contributed by atoms with Gasteiger partial charge in [-0.05, 0) is 44.1 Å². The Kier molecular flexibility index (Phi) is 4.03. The lowest BCUT2D eigenvalue weighted by Crippen LogP contribution is -2.34. The van der Waals surface area contributed by atoms with Crippen molar-refractivity contribution in [3.63, 3.8) is 0 Å². The number of nitrogens with zero attached hydrogens (tertiary/aromatic N) is 1. The van der Waals surface area contributed by atoms with Gasteiger partial charge in [0.2, 0.25) is 0 Å². The third kappa shape index (κ3) is 3.10. The highest BCUT2D eigenvalue weighted by Gasteiger charge is 2.15. The van der Waals surface area contributed by atoms with E-state index in [0.29, 0.717) is 6.04 Å². The highest BCUT2D eigenvalue weighted by atomic mass is 35.5. The zero-order valence-electron chi connectivity index (χ0n) is 9.70. The Morgan fingerprint density at radius 1 is 1.25 bits per heavy atom. The lowest BCUT2D eigenvalue weighted by atomic mass is 10.0. The van der Waals surface area contributed by atoms with E-state index in [1.807, 2.05) is 12.1 Å². The van der Waals surface area contributed by atoms with Crippen LogP contribution in [0.5, 0.6) is 0 Å². The van der Waals surface area contributed by atoms with Crippen LogP contribution in [0.3, 0.4) is 0 Å². The summed E-state index contributed by atoms with van der Waals surface area (Å²) in [5.74, 6) is 0.